The highest BCUT2D eigenvalue weighted by atomic mass is 16.6. The van der Waals surface area contributed by atoms with Gasteiger partial charge in [-0.3, -0.25) is 19.2 Å². The SMILES string of the molecule is CC(C)(C)OC(=O)C(N)CNC(=O)c1nc(N)c(C(=O)NCC(N)C(=O)OC(C)(C)C)nc1N. The van der Waals surface area contributed by atoms with Crippen LogP contribution < -0.4 is 33.6 Å². The molecule has 0 aliphatic carbocycles. The van der Waals surface area contributed by atoms with E-state index in [9.17, 15) is 19.2 Å². The first-order valence-electron chi connectivity index (χ1n) is 10.4. The summed E-state index contributed by atoms with van der Waals surface area (Å²) in [4.78, 5) is 56.3. The summed E-state index contributed by atoms with van der Waals surface area (Å²) in [5.41, 5.74) is 20.7. The molecule has 0 aliphatic rings. The maximum absolute atomic E-state index is 12.4. The molecule has 0 aromatic carbocycles. The standard InChI is InChI=1S/C20H34N8O6/c1-19(2,3)33-17(31)9(21)7-25-15(29)11-13(23)28-12(14(24)27-11)16(30)26-8-10(22)18(32)34-20(4,5)6/h9-10H,7-8,21-22H2,1-6H3,(H2,24,27)(H2,23,28)(H,25,29)(H,26,30). The highest BCUT2D eigenvalue weighted by molar-refractivity contribution is 6.01. The number of esters is 2. The minimum absolute atomic E-state index is 0.264. The average molecular weight is 483 g/mol. The maximum atomic E-state index is 12.4. The van der Waals surface area contributed by atoms with Gasteiger partial charge in [-0.15, -0.1) is 0 Å². The van der Waals surface area contributed by atoms with Gasteiger partial charge in [0.2, 0.25) is 0 Å². The van der Waals surface area contributed by atoms with Crippen molar-refractivity contribution in [2.45, 2.75) is 64.8 Å². The van der Waals surface area contributed by atoms with Gasteiger partial charge in [0.1, 0.15) is 23.3 Å². The number of anilines is 2. The fraction of sp³-hybridized carbons (Fsp3) is 0.600. The van der Waals surface area contributed by atoms with Gasteiger partial charge in [0.15, 0.2) is 23.0 Å². The van der Waals surface area contributed by atoms with Crippen LogP contribution in [0.25, 0.3) is 0 Å². The predicted molar refractivity (Wildman–Crippen MR) is 123 cm³/mol. The molecule has 1 aromatic heterocycles. The van der Waals surface area contributed by atoms with Crippen molar-refractivity contribution in [3.63, 3.8) is 0 Å². The molecule has 0 fully saturated rings. The van der Waals surface area contributed by atoms with E-state index in [1.165, 1.54) is 0 Å². The summed E-state index contributed by atoms with van der Waals surface area (Å²) in [7, 11) is 0. The van der Waals surface area contributed by atoms with Crippen molar-refractivity contribution in [1.29, 1.82) is 0 Å². The molecule has 0 aliphatic heterocycles. The minimum atomic E-state index is -1.13. The van der Waals surface area contributed by atoms with Gasteiger partial charge >= 0.3 is 11.9 Å². The Morgan fingerprint density at radius 3 is 1.29 bits per heavy atom. The van der Waals surface area contributed by atoms with Crippen LogP contribution in [0.1, 0.15) is 62.5 Å². The average Bonchev–Trinajstić information content (AvgIpc) is 2.68. The van der Waals surface area contributed by atoms with E-state index in [4.69, 9.17) is 32.4 Å². The van der Waals surface area contributed by atoms with Crippen LogP contribution >= 0.6 is 0 Å². The predicted octanol–water partition coefficient (Wildman–Crippen LogP) is -1.56. The zero-order valence-corrected chi connectivity index (χ0v) is 20.2. The second kappa shape index (κ2) is 11.1. The summed E-state index contributed by atoms with van der Waals surface area (Å²) in [6, 6.07) is -2.26. The molecule has 14 heteroatoms. The first-order valence-corrected chi connectivity index (χ1v) is 10.4. The van der Waals surface area contributed by atoms with Gasteiger partial charge < -0.3 is 43.0 Å². The van der Waals surface area contributed by atoms with Crippen LogP contribution in [0, 0.1) is 0 Å². The topological polar surface area (TPSA) is 241 Å². The monoisotopic (exact) mass is 482 g/mol. The number of carbonyl (C=O) groups is 4. The molecule has 1 heterocycles. The fourth-order valence-electron chi connectivity index (χ4n) is 2.29. The number of carbonyl (C=O) groups excluding carboxylic acids is 4. The molecular weight excluding hydrogens is 448 g/mol. The Balaban J connectivity index is 2.78. The van der Waals surface area contributed by atoms with Gasteiger partial charge in [0.05, 0.1) is 0 Å². The Morgan fingerprint density at radius 1 is 0.735 bits per heavy atom. The quantitative estimate of drug-likeness (QED) is 0.230. The van der Waals surface area contributed by atoms with Gasteiger partial charge in [0, 0.05) is 13.1 Å². The zero-order chi connectivity index (χ0) is 26.4. The number of ether oxygens (including phenoxy) is 2. The third kappa shape index (κ3) is 9.15. The first kappa shape index (κ1) is 28.5. The summed E-state index contributed by atoms with van der Waals surface area (Å²) >= 11 is 0. The summed E-state index contributed by atoms with van der Waals surface area (Å²) < 4.78 is 10.3. The van der Waals surface area contributed by atoms with Crippen molar-refractivity contribution in [2.75, 3.05) is 24.6 Å². The normalized spacial score (nSPS) is 13.4. The van der Waals surface area contributed by atoms with Gasteiger partial charge in [-0.05, 0) is 41.5 Å². The molecule has 0 spiro atoms. The Morgan fingerprint density at radius 2 is 1.03 bits per heavy atom. The van der Waals surface area contributed by atoms with Gasteiger partial charge in [-0.1, -0.05) is 0 Å². The van der Waals surface area contributed by atoms with Crippen molar-refractivity contribution < 1.29 is 28.7 Å². The minimum Gasteiger partial charge on any atom is -0.459 e. The number of nitrogens with two attached hydrogens (primary N) is 4. The van der Waals surface area contributed by atoms with Crippen LogP contribution in [0.5, 0.6) is 0 Å². The van der Waals surface area contributed by atoms with Crippen LogP contribution in [-0.4, -0.2) is 70.1 Å². The second-order valence-corrected chi connectivity index (χ2v) is 9.39. The molecule has 0 saturated carbocycles. The number of aromatic nitrogens is 2. The smallest absolute Gasteiger partial charge is 0.325 e. The van der Waals surface area contributed by atoms with E-state index in [2.05, 4.69) is 20.6 Å². The van der Waals surface area contributed by atoms with E-state index in [1.54, 1.807) is 41.5 Å². The van der Waals surface area contributed by atoms with E-state index in [0.717, 1.165) is 0 Å². The lowest BCUT2D eigenvalue weighted by Gasteiger charge is -2.22. The zero-order valence-electron chi connectivity index (χ0n) is 20.2. The Kier molecular flexibility index (Phi) is 9.28. The van der Waals surface area contributed by atoms with Crippen molar-refractivity contribution >= 4 is 35.4 Å². The molecule has 10 N–H and O–H groups in total. The van der Waals surface area contributed by atoms with Crippen molar-refractivity contribution in [2.24, 2.45) is 11.5 Å². The molecule has 2 unspecified atom stereocenters. The Bertz CT molecular complexity index is 862. The van der Waals surface area contributed by atoms with Crippen LogP contribution in [-0.2, 0) is 19.1 Å². The molecule has 0 saturated heterocycles. The molecule has 1 aromatic rings. The summed E-state index contributed by atoms with van der Waals surface area (Å²) in [6.45, 7) is 9.54. The molecule has 0 radical (unpaired) electrons. The lowest BCUT2D eigenvalue weighted by molar-refractivity contribution is -0.157. The van der Waals surface area contributed by atoms with Crippen LogP contribution in [0.3, 0.4) is 0 Å². The van der Waals surface area contributed by atoms with Gasteiger partial charge in [-0.25, -0.2) is 9.97 Å². The van der Waals surface area contributed by atoms with Gasteiger partial charge in [0.25, 0.3) is 11.8 Å². The molecule has 190 valence electrons. The third-order valence-electron chi connectivity index (χ3n) is 3.76. The highest BCUT2D eigenvalue weighted by Crippen LogP contribution is 2.14. The molecule has 0 bridgehead atoms. The van der Waals surface area contributed by atoms with E-state index in [0.29, 0.717) is 0 Å². The summed E-state index contributed by atoms with van der Waals surface area (Å²) in [6.07, 6.45) is 0. The maximum Gasteiger partial charge on any atom is 0.325 e. The highest BCUT2D eigenvalue weighted by Gasteiger charge is 2.26. The second-order valence-electron chi connectivity index (χ2n) is 9.39. The van der Waals surface area contributed by atoms with E-state index >= 15 is 0 Å². The molecule has 14 nitrogen and oxygen atoms in total. The van der Waals surface area contributed by atoms with E-state index in [-0.39, 0.29) is 36.1 Å². The lowest BCUT2D eigenvalue weighted by atomic mass is 10.2. The van der Waals surface area contributed by atoms with Crippen molar-refractivity contribution in [3.8, 4) is 0 Å². The molecular formula is C20H34N8O6. The Labute approximate surface area is 197 Å². The summed E-state index contributed by atoms with van der Waals surface area (Å²) in [5, 5.41) is 4.76. The number of amides is 2. The third-order valence-corrected chi connectivity index (χ3v) is 3.76. The number of rotatable bonds is 8. The van der Waals surface area contributed by atoms with Crippen molar-refractivity contribution in [3.05, 3.63) is 11.4 Å². The van der Waals surface area contributed by atoms with Crippen LogP contribution in [0.4, 0.5) is 11.6 Å². The number of nitrogens with zero attached hydrogens (tertiary/aromatic N) is 2. The number of hydrogen-bond donors (Lipinski definition) is 6. The Hall–Kier alpha value is -3.52. The fourth-order valence-corrected chi connectivity index (χ4v) is 2.29. The van der Waals surface area contributed by atoms with Crippen LogP contribution in [0.2, 0.25) is 0 Å². The first-order chi connectivity index (χ1) is 15.4. The van der Waals surface area contributed by atoms with Gasteiger partial charge in [-0.2, -0.15) is 0 Å². The molecule has 34 heavy (non-hydrogen) atoms. The lowest BCUT2D eigenvalue weighted by Crippen LogP contribution is -2.46. The molecule has 2 amide bonds. The number of nitrogen functional groups attached to an aromatic ring is 2. The van der Waals surface area contributed by atoms with Crippen LogP contribution in [0.15, 0.2) is 0 Å². The molecule has 2 atom stereocenters. The summed E-state index contributed by atoms with van der Waals surface area (Å²) in [5.74, 6) is -3.81. The van der Waals surface area contributed by atoms with E-state index < -0.39 is 47.0 Å². The number of nitrogens with one attached hydrogen (secondary N) is 2. The van der Waals surface area contributed by atoms with E-state index in [1.807, 2.05) is 0 Å². The number of hydrogen-bond acceptors (Lipinski definition) is 12. The molecule has 1 rings (SSSR count). The largest absolute Gasteiger partial charge is 0.459 e. The van der Waals surface area contributed by atoms with Crippen molar-refractivity contribution in [1.82, 2.24) is 20.6 Å².